The Morgan fingerprint density at radius 2 is 1.85 bits per heavy atom. The fourth-order valence-corrected chi connectivity index (χ4v) is 2.50. The molecule has 2 heteroatoms. The summed E-state index contributed by atoms with van der Waals surface area (Å²) in [7, 11) is -1.14. The molecule has 1 rings (SSSR count). The molecule has 1 radical (unpaired) electrons. The fraction of sp³-hybridized carbons (Fsp3) is 0.455. The SMILES string of the molecule is CCCCC[P](=O)c1ccccc1. The quantitative estimate of drug-likeness (QED) is 0.520. The van der Waals surface area contributed by atoms with Crippen molar-refractivity contribution in [1.29, 1.82) is 0 Å². The molecule has 0 N–H and O–H groups in total. The maximum absolute atomic E-state index is 11.7. The summed E-state index contributed by atoms with van der Waals surface area (Å²) in [6.45, 7) is 2.16. The van der Waals surface area contributed by atoms with Crippen LogP contribution in [0, 0.1) is 0 Å². The van der Waals surface area contributed by atoms with Crippen LogP contribution in [0.25, 0.3) is 0 Å². The fourth-order valence-electron chi connectivity index (χ4n) is 1.23. The number of hydrogen-bond donors (Lipinski definition) is 0. The van der Waals surface area contributed by atoms with E-state index < -0.39 is 7.80 Å². The molecule has 1 nitrogen and oxygen atoms in total. The topological polar surface area (TPSA) is 17.1 Å². The van der Waals surface area contributed by atoms with Crippen LogP contribution in [0.2, 0.25) is 0 Å². The highest BCUT2D eigenvalue weighted by atomic mass is 31.1. The van der Waals surface area contributed by atoms with Crippen molar-refractivity contribution in [2.45, 2.75) is 26.2 Å². The summed E-state index contributed by atoms with van der Waals surface area (Å²) < 4.78 is 11.7. The Balaban J connectivity index is 2.40. The third-order valence-electron chi connectivity index (χ3n) is 2.01. The highest BCUT2D eigenvalue weighted by Gasteiger charge is 2.01. The van der Waals surface area contributed by atoms with Crippen LogP contribution in [0.3, 0.4) is 0 Å². The third kappa shape index (κ3) is 3.69. The molecule has 0 aromatic heterocycles. The molecule has 13 heavy (non-hydrogen) atoms. The van der Waals surface area contributed by atoms with E-state index in [0.29, 0.717) is 0 Å². The van der Waals surface area contributed by atoms with Crippen molar-refractivity contribution in [3.05, 3.63) is 30.3 Å². The minimum Gasteiger partial charge on any atom is -0.282 e. The molecule has 0 aliphatic heterocycles. The monoisotopic (exact) mass is 195 g/mol. The van der Waals surface area contributed by atoms with Crippen LogP contribution >= 0.6 is 7.80 Å². The molecule has 1 aromatic carbocycles. The Labute approximate surface area is 81.0 Å². The predicted molar refractivity (Wildman–Crippen MR) is 58.1 cm³/mol. The minimum absolute atomic E-state index is 0.840. The van der Waals surface area contributed by atoms with Crippen LogP contribution in [-0.4, -0.2) is 6.16 Å². The van der Waals surface area contributed by atoms with Gasteiger partial charge in [-0.3, -0.25) is 4.57 Å². The average Bonchev–Trinajstić information content (AvgIpc) is 2.19. The van der Waals surface area contributed by atoms with Crippen molar-refractivity contribution in [2.75, 3.05) is 6.16 Å². The van der Waals surface area contributed by atoms with E-state index in [9.17, 15) is 4.57 Å². The minimum atomic E-state index is -1.14. The van der Waals surface area contributed by atoms with Crippen LogP contribution in [0.1, 0.15) is 26.2 Å². The molecule has 1 unspecified atom stereocenters. The molecule has 0 saturated carbocycles. The highest BCUT2D eigenvalue weighted by Crippen LogP contribution is 2.21. The normalized spacial score (nSPS) is 11.3. The number of rotatable bonds is 5. The smallest absolute Gasteiger partial charge is 0.104 e. The van der Waals surface area contributed by atoms with Gasteiger partial charge in [-0.1, -0.05) is 38.0 Å². The highest BCUT2D eigenvalue weighted by molar-refractivity contribution is 7.53. The Kier molecular flexibility index (Phi) is 4.70. The van der Waals surface area contributed by atoms with E-state index in [4.69, 9.17) is 0 Å². The molecule has 1 aromatic rings. The van der Waals surface area contributed by atoms with Crippen molar-refractivity contribution in [1.82, 2.24) is 0 Å². The molecule has 0 bridgehead atoms. The van der Waals surface area contributed by atoms with Crippen molar-refractivity contribution in [3.63, 3.8) is 0 Å². The molecule has 0 amide bonds. The molecule has 0 aliphatic carbocycles. The van der Waals surface area contributed by atoms with Gasteiger partial charge in [0.05, 0.1) is 0 Å². The maximum Gasteiger partial charge on any atom is 0.104 e. The Bertz CT molecular complexity index is 256. The Morgan fingerprint density at radius 3 is 2.46 bits per heavy atom. The first-order valence-corrected chi connectivity index (χ1v) is 6.29. The van der Waals surface area contributed by atoms with Gasteiger partial charge in [-0.15, -0.1) is 0 Å². The number of hydrogen-bond acceptors (Lipinski definition) is 1. The van der Waals surface area contributed by atoms with Gasteiger partial charge >= 0.3 is 0 Å². The van der Waals surface area contributed by atoms with Gasteiger partial charge in [0.15, 0.2) is 0 Å². The van der Waals surface area contributed by atoms with E-state index in [1.165, 1.54) is 12.8 Å². The first-order valence-electron chi connectivity index (χ1n) is 4.84. The van der Waals surface area contributed by atoms with Gasteiger partial charge in [-0.2, -0.15) is 0 Å². The van der Waals surface area contributed by atoms with Crippen molar-refractivity contribution in [2.24, 2.45) is 0 Å². The molecule has 1 atom stereocenters. The molecule has 0 fully saturated rings. The second kappa shape index (κ2) is 5.88. The van der Waals surface area contributed by atoms with Crippen LogP contribution < -0.4 is 5.30 Å². The van der Waals surface area contributed by atoms with Gasteiger partial charge in [0.1, 0.15) is 7.80 Å². The van der Waals surface area contributed by atoms with Gasteiger partial charge in [0, 0.05) is 11.5 Å². The van der Waals surface area contributed by atoms with Gasteiger partial charge < -0.3 is 0 Å². The van der Waals surface area contributed by atoms with E-state index in [-0.39, 0.29) is 0 Å². The molecule has 0 heterocycles. The van der Waals surface area contributed by atoms with E-state index in [2.05, 4.69) is 6.92 Å². The molecular weight excluding hydrogens is 179 g/mol. The lowest BCUT2D eigenvalue weighted by atomic mass is 10.3. The largest absolute Gasteiger partial charge is 0.282 e. The van der Waals surface area contributed by atoms with Crippen molar-refractivity contribution < 1.29 is 4.57 Å². The number of benzene rings is 1. The molecule has 0 aliphatic rings. The lowest BCUT2D eigenvalue weighted by Crippen LogP contribution is -1.96. The Hall–Kier alpha value is -0.680. The lowest BCUT2D eigenvalue weighted by Gasteiger charge is -1.99. The zero-order chi connectivity index (χ0) is 9.52. The molecule has 71 valence electrons. The van der Waals surface area contributed by atoms with Gasteiger partial charge in [-0.25, -0.2) is 0 Å². The standard InChI is InChI=1S/C11H16OP/c1-2-3-7-10-13(12)11-8-5-4-6-9-11/h4-6,8-9H,2-3,7,10H2,1H3. The zero-order valence-corrected chi connectivity index (χ0v) is 8.97. The van der Waals surface area contributed by atoms with Crippen molar-refractivity contribution in [3.8, 4) is 0 Å². The van der Waals surface area contributed by atoms with Gasteiger partial charge in [0.2, 0.25) is 0 Å². The summed E-state index contributed by atoms with van der Waals surface area (Å²) in [5, 5.41) is 0.994. The second-order valence-corrected chi connectivity index (χ2v) is 4.87. The first kappa shape index (κ1) is 10.4. The van der Waals surface area contributed by atoms with Gasteiger partial charge in [-0.05, 0) is 18.6 Å². The van der Waals surface area contributed by atoms with Crippen LogP contribution in [0.5, 0.6) is 0 Å². The average molecular weight is 195 g/mol. The zero-order valence-electron chi connectivity index (χ0n) is 8.07. The maximum atomic E-state index is 11.7. The van der Waals surface area contributed by atoms with Gasteiger partial charge in [0.25, 0.3) is 0 Å². The second-order valence-electron chi connectivity index (χ2n) is 3.14. The third-order valence-corrected chi connectivity index (χ3v) is 3.61. The predicted octanol–water partition coefficient (Wildman–Crippen LogP) is 3.33. The summed E-state index contributed by atoms with van der Waals surface area (Å²) in [5.74, 6) is 0. The van der Waals surface area contributed by atoms with Crippen LogP contribution in [-0.2, 0) is 4.57 Å². The van der Waals surface area contributed by atoms with Crippen LogP contribution in [0.4, 0.5) is 0 Å². The molecule has 0 saturated heterocycles. The molecular formula is C11H16OP. The summed E-state index contributed by atoms with van der Waals surface area (Å²) in [4.78, 5) is 0. The first-order chi connectivity index (χ1) is 6.34. The number of unbranched alkanes of at least 4 members (excludes halogenated alkanes) is 2. The van der Waals surface area contributed by atoms with Crippen LogP contribution in [0.15, 0.2) is 30.3 Å². The summed E-state index contributed by atoms with van der Waals surface area (Å²) in [6.07, 6.45) is 4.31. The Morgan fingerprint density at radius 1 is 1.15 bits per heavy atom. The lowest BCUT2D eigenvalue weighted by molar-refractivity contribution is 0.590. The van der Waals surface area contributed by atoms with E-state index >= 15 is 0 Å². The summed E-state index contributed by atoms with van der Waals surface area (Å²) in [5.41, 5.74) is 0. The summed E-state index contributed by atoms with van der Waals surface area (Å²) in [6, 6.07) is 9.75. The van der Waals surface area contributed by atoms with Crippen molar-refractivity contribution >= 4 is 13.1 Å². The van der Waals surface area contributed by atoms with E-state index in [1.807, 2.05) is 30.3 Å². The van der Waals surface area contributed by atoms with E-state index in [1.54, 1.807) is 0 Å². The summed E-state index contributed by atoms with van der Waals surface area (Å²) >= 11 is 0. The molecule has 0 spiro atoms. The van der Waals surface area contributed by atoms with E-state index in [0.717, 1.165) is 17.9 Å².